The van der Waals surface area contributed by atoms with Crippen molar-refractivity contribution in [3.63, 3.8) is 0 Å². The number of nitrogens with zero attached hydrogens (tertiary/aromatic N) is 2. The van der Waals surface area contributed by atoms with Gasteiger partial charge in [0.25, 0.3) is 0 Å². The van der Waals surface area contributed by atoms with Crippen molar-refractivity contribution in [2.45, 2.75) is 19.3 Å². The van der Waals surface area contributed by atoms with Gasteiger partial charge in [-0.1, -0.05) is 18.2 Å². The molecule has 1 fully saturated rings. The predicted molar refractivity (Wildman–Crippen MR) is 74.0 cm³/mol. The molecule has 2 heterocycles. The van der Waals surface area contributed by atoms with Crippen LogP contribution in [0.1, 0.15) is 18.7 Å². The number of carbonyl (C=O) groups is 1. The molecule has 5 nitrogen and oxygen atoms in total. The van der Waals surface area contributed by atoms with Crippen LogP contribution in [0.2, 0.25) is 0 Å². The molecule has 0 aliphatic carbocycles. The van der Waals surface area contributed by atoms with Crippen LogP contribution in [-0.4, -0.2) is 29.1 Å². The van der Waals surface area contributed by atoms with Crippen LogP contribution in [0.3, 0.4) is 0 Å². The second-order valence-corrected chi connectivity index (χ2v) is 5.05. The highest BCUT2D eigenvalue weighted by Gasteiger charge is 2.23. The van der Waals surface area contributed by atoms with Gasteiger partial charge < -0.3 is 9.73 Å². The van der Waals surface area contributed by atoms with Crippen LogP contribution in [0.4, 0.5) is 0 Å². The van der Waals surface area contributed by atoms with Gasteiger partial charge in [-0.15, -0.1) is 10.2 Å². The van der Waals surface area contributed by atoms with E-state index < -0.39 is 0 Å². The van der Waals surface area contributed by atoms with Crippen molar-refractivity contribution < 1.29 is 9.21 Å². The first-order valence-electron chi connectivity index (χ1n) is 6.94. The molecule has 0 radical (unpaired) electrons. The van der Waals surface area contributed by atoms with E-state index in [2.05, 4.69) is 15.5 Å². The van der Waals surface area contributed by atoms with Crippen molar-refractivity contribution in [2.75, 3.05) is 13.1 Å². The largest absolute Gasteiger partial charge is 0.420 e. The van der Waals surface area contributed by atoms with Crippen molar-refractivity contribution in [3.8, 4) is 11.5 Å². The maximum Gasteiger partial charge on any atom is 0.247 e. The van der Waals surface area contributed by atoms with Gasteiger partial charge in [-0.2, -0.15) is 0 Å². The van der Waals surface area contributed by atoms with Crippen LogP contribution in [0.5, 0.6) is 0 Å². The third-order valence-corrected chi connectivity index (χ3v) is 3.57. The second-order valence-electron chi connectivity index (χ2n) is 5.05. The zero-order valence-electron chi connectivity index (χ0n) is 11.2. The van der Waals surface area contributed by atoms with E-state index in [1.165, 1.54) is 0 Å². The van der Waals surface area contributed by atoms with Gasteiger partial charge >= 0.3 is 0 Å². The molecule has 0 bridgehead atoms. The van der Waals surface area contributed by atoms with E-state index in [0.717, 1.165) is 31.5 Å². The number of piperidine rings is 1. The average molecular weight is 271 g/mol. The van der Waals surface area contributed by atoms with Crippen molar-refractivity contribution in [2.24, 2.45) is 5.92 Å². The number of rotatable bonds is 4. The molecule has 1 aromatic heterocycles. The van der Waals surface area contributed by atoms with Gasteiger partial charge in [-0.05, 0) is 31.5 Å². The minimum Gasteiger partial charge on any atom is -0.420 e. The molecule has 0 amide bonds. The van der Waals surface area contributed by atoms with E-state index in [0.29, 0.717) is 11.8 Å². The van der Waals surface area contributed by atoms with E-state index in [-0.39, 0.29) is 18.1 Å². The lowest BCUT2D eigenvalue weighted by Gasteiger charge is -2.20. The summed E-state index contributed by atoms with van der Waals surface area (Å²) in [6.45, 7) is 1.76. The zero-order chi connectivity index (χ0) is 13.8. The molecule has 1 unspecified atom stereocenters. The number of ketones is 1. The fourth-order valence-corrected chi connectivity index (χ4v) is 2.44. The Balaban J connectivity index is 1.66. The van der Waals surface area contributed by atoms with Gasteiger partial charge in [0.2, 0.25) is 11.8 Å². The molecule has 1 atom stereocenters. The fraction of sp³-hybridized carbons (Fsp3) is 0.400. The summed E-state index contributed by atoms with van der Waals surface area (Å²) in [5.41, 5.74) is 0.873. The van der Waals surface area contributed by atoms with E-state index in [9.17, 15) is 4.79 Å². The maximum atomic E-state index is 12.1. The topological polar surface area (TPSA) is 68.0 Å². The molecule has 1 aromatic carbocycles. The summed E-state index contributed by atoms with van der Waals surface area (Å²) in [5, 5.41) is 11.2. The van der Waals surface area contributed by atoms with Crippen molar-refractivity contribution >= 4 is 5.78 Å². The summed E-state index contributed by atoms with van der Waals surface area (Å²) in [4.78, 5) is 12.1. The fourth-order valence-electron chi connectivity index (χ4n) is 2.44. The molecule has 1 saturated heterocycles. The molecule has 20 heavy (non-hydrogen) atoms. The molecular weight excluding hydrogens is 254 g/mol. The third kappa shape index (κ3) is 2.93. The SMILES string of the molecule is O=C(Cc1nnc(-c2ccccc2)o1)C1CCCNC1. The highest BCUT2D eigenvalue weighted by Crippen LogP contribution is 2.19. The number of carbonyl (C=O) groups excluding carboxylic acids is 1. The van der Waals surface area contributed by atoms with Crippen molar-refractivity contribution in [3.05, 3.63) is 36.2 Å². The Morgan fingerprint density at radius 2 is 2.15 bits per heavy atom. The first-order valence-corrected chi connectivity index (χ1v) is 6.94. The smallest absolute Gasteiger partial charge is 0.247 e. The molecule has 3 rings (SSSR count). The lowest BCUT2D eigenvalue weighted by Crippen LogP contribution is -2.35. The molecule has 5 heteroatoms. The van der Waals surface area contributed by atoms with Crippen molar-refractivity contribution in [1.82, 2.24) is 15.5 Å². The number of hydrogen-bond donors (Lipinski definition) is 1. The number of aromatic nitrogens is 2. The monoisotopic (exact) mass is 271 g/mol. The Labute approximate surface area is 117 Å². The lowest BCUT2D eigenvalue weighted by molar-refractivity contribution is -0.123. The van der Waals surface area contributed by atoms with Crippen LogP contribution in [0, 0.1) is 5.92 Å². The Kier molecular flexibility index (Phi) is 3.87. The van der Waals surface area contributed by atoms with Crippen LogP contribution < -0.4 is 5.32 Å². The highest BCUT2D eigenvalue weighted by atomic mass is 16.4. The average Bonchev–Trinajstić information content (AvgIpc) is 2.97. The Bertz CT molecular complexity index is 574. The summed E-state index contributed by atoms with van der Waals surface area (Å²) in [7, 11) is 0. The number of benzene rings is 1. The molecule has 1 aliphatic rings. The third-order valence-electron chi connectivity index (χ3n) is 3.57. The van der Waals surface area contributed by atoms with Gasteiger partial charge in [-0.25, -0.2) is 0 Å². The van der Waals surface area contributed by atoms with Gasteiger partial charge in [0.1, 0.15) is 5.78 Å². The molecule has 1 aliphatic heterocycles. The van der Waals surface area contributed by atoms with E-state index >= 15 is 0 Å². The summed E-state index contributed by atoms with van der Waals surface area (Å²) < 4.78 is 5.57. The normalized spacial score (nSPS) is 18.9. The Hall–Kier alpha value is -2.01. The van der Waals surface area contributed by atoms with Crippen LogP contribution in [0.15, 0.2) is 34.7 Å². The summed E-state index contributed by atoms with van der Waals surface area (Å²) >= 11 is 0. The van der Waals surface area contributed by atoms with Gasteiger partial charge in [0.15, 0.2) is 0 Å². The molecule has 2 aromatic rings. The first kappa shape index (κ1) is 13.0. The summed E-state index contributed by atoms with van der Waals surface area (Å²) in [6.07, 6.45) is 2.23. The number of Topliss-reactive ketones (excluding diaryl/α,β-unsaturated/α-hetero) is 1. The standard InChI is InChI=1S/C15H17N3O2/c19-13(12-7-4-8-16-10-12)9-14-17-18-15(20-14)11-5-2-1-3-6-11/h1-3,5-6,12,16H,4,7-10H2. The Morgan fingerprint density at radius 3 is 2.90 bits per heavy atom. The van der Waals surface area contributed by atoms with Crippen LogP contribution in [0.25, 0.3) is 11.5 Å². The molecular formula is C15H17N3O2. The molecule has 0 spiro atoms. The van der Waals surface area contributed by atoms with E-state index in [4.69, 9.17) is 4.42 Å². The number of nitrogens with one attached hydrogen (secondary N) is 1. The maximum absolute atomic E-state index is 12.1. The first-order chi connectivity index (χ1) is 9.83. The molecule has 0 saturated carbocycles. The zero-order valence-corrected chi connectivity index (χ0v) is 11.2. The number of hydrogen-bond acceptors (Lipinski definition) is 5. The minimum atomic E-state index is 0.0795. The highest BCUT2D eigenvalue weighted by molar-refractivity contribution is 5.82. The Morgan fingerprint density at radius 1 is 1.30 bits per heavy atom. The minimum absolute atomic E-state index is 0.0795. The van der Waals surface area contributed by atoms with Gasteiger partial charge in [0, 0.05) is 18.0 Å². The van der Waals surface area contributed by atoms with Crippen LogP contribution in [-0.2, 0) is 11.2 Å². The van der Waals surface area contributed by atoms with Crippen LogP contribution >= 0.6 is 0 Å². The second kappa shape index (κ2) is 5.96. The lowest BCUT2D eigenvalue weighted by atomic mass is 9.93. The van der Waals surface area contributed by atoms with Crippen molar-refractivity contribution in [1.29, 1.82) is 0 Å². The van der Waals surface area contributed by atoms with E-state index in [1.54, 1.807) is 0 Å². The van der Waals surface area contributed by atoms with Gasteiger partial charge in [0.05, 0.1) is 6.42 Å². The van der Waals surface area contributed by atoms with Gasteiger partial charge in [-0.3, -0.25) is 4.79 Å². The molecule has 1 N–H and O–H groups in total. The summed E-state index contributed by atoms with van der Waals surface area (Å²) in [6, 6.07) is 9.57. The quantitative estimate of drug-likeness (QED) is 0.919. The van der Waals surface area contributed by atoms with E-state index in [1.807, 2.05) is 30.3 Å². The summed E-state index contributed by atoms with van der Waals surface area (Å²) in [5.74, 6) is 1.13. The molecule has 104 valence electrons. The predicted octanol–water partition coefficient (Wildman–Crippen LogP) is 1.85.